The molecule has 4 nitrogen and oxygen atoms in total. The number of nitriles is 1. The van der Waals surface area contributed by atoms with Gasteiger partial charge in [0, 0.05) is 30.2 Å². The Morgan fingerprint density at radius 2 is 2.40 bits per heavy atom. The summed E-state index contributed by atoms with van der Waals surface area (Å²) < 4.78 is 0. The van der Waals surface area contributed by atoms with Gasteiger partial charge in [-0.3, -0.25) is 0 Å². The van der Waals surface area contributed by atoms with Crippen LogP contribution >= 0.6 is 11.8 Å². The zero-order valence-corrected chi connectivity index (χ0v) is 12.1. The summed E-state index contributed by atoms with van der Waals surface area (Å²) in [7, 11) is 0. The molecule has 0 aliphatic carbocycles. The number of hydrogen-bond donors (Lipinski definition) is 1. The molecule has 0 amide bonds. The molecule has 1 unspecified atom stereocenters. The molecule has 1 aliphatic heterocycles. The van der Waals surface area contributed by atoms with E-state index < -0.39 is 5.97 Å². The number of carboxylic acid groups (broad SMARTS) is 1. The van der Waals surface area contributed by atoms with Crippen LogP contribution in [-0.4, -0.2) is 35.2 Å². The predicted molar refractivity (Wildman–Crippen MR) is 82.0 cm³/mol. The minimum atomic E-state index is -0.991. The van der Waals surface area contributed by atoms with E-state index in [9.17, 15) is 10.1 Å². The Morgan fingerprint density at radius 3 is 3.05 bits per heavy atom. The van der Waals surface area contributed by atoms with Crippen molar-refractivity contribution in [3.63, 3.8) is 0 Å². The molecular formula is C15H16N2O2S. The van der Waals surface area contributed by atoms with Crippen molar-refractivity contribution in [3.8, 4) is 6.07 Å². The number of anilines is 1. The van der Waals surface area contributed by atoms with E-state index in [0.29, 0.717) is 11.6 Å². The summed E-state index contributed by atoms with van der Waals surface area (Å²) >= 11 is 1.93. The van der Waals surface area contributed by atoms with E-state index in [0.717, 1.165) is 35.4 Å². The molecule has 104 valence electrons. The van der Waals surface area contributed by atoms with Gasteiger partial charge in [0.05, 0.1) is 11.3 Å². The lowest BCUT2D eigenvalue weighted by molar-refractivity contribution is -0.131. The fraction of sp³-hybridized carbons (Fsp3) is 0.333. The van der Waals surface area contributed by atoms with E-state index in [1.165, 1.54) is 6.08 Å². The molecule has 1 fully saturated rings. The third kappa shape index (κ3) is 3.34. The summed E-state index contributed by atoms with van der Waals surface area (Å²) in [5.41, 5.74) is 2.26. The molecule has 1 atom stereocenters. The average Bonchev–Trinajstić information content (AvgIpc) is 2.45. The molecule has 1 aromatic rings. The van der Waals surface area contributed by atoms with Gasteiger partial charge in [-0.2, -0.15) is 17.0 Å². The molecule has 0 radical (unpaired) electrons. The van der Waals surface area contributed by atoms with Crippen molar-refractivity contribution in [2.24, 2.45) is 0 Å². The first-order valence-corrected chi connectivity index (χ1v) is 7.57. The van der Waals surface area contributed by atoms with Crippen molar-refractivity contribution in [1.82, 2.24) is 0 Å². The van der Waals surface area contributed by atoms with Crippen molar-refractivity contribution in [1.29, 1.82) is 5.26 Å². The maximum atomic E-state index is 10.5. The third-order valence-corrected chi connectivity index (χ3v) is 4.43. The molecule has 1 heterocycles. The zero-order valence-electron chi connectivity index (χ0n) is 11.2. The van der Waals surface area contributed by atoms with Crippen LogP contribution in [0.1, 0.15) is 18.1 Å². The van der Waals surface area contributed by atoms with Crippen molar-refractivity contribution >= 4 is 29.5 Å². The van der Waals surface area contributed by atoms with Crippen LogP contribution in [0.2, 0.25) is 0 Å². The summed E-state index contributed by atoms with van der Waals surface area (Å²) in [6.07, 6.45) is 2.58. The van der Waals surface area contributed by atoms with Crippen LogP contribution in [0.4, 0.5) is 5.69 Å². The fourth-order valence-electron chi connectivity index (χ4n) is 2.25. The minimum absolute atomic E-state index is 0.404. The average molecular weight is 288 g/mol. The highest BCUT2D eigenvalue weighted by molar-refractivity contribution is 7.99. The second-order valence-electron chi connectivity index (χ2n) is 4.68. The van der Waals surface area contributed by atoms with Crippen LogP contribution in [0.3, 0.4) is 0 Å². The standard InChI is InChI=1S/C15H16N2O2S/c1-11-10-20-7-6-17(11)14-4-2-12(3-5-15(18)19)8-13(14)9-16/h2-5,8,11H,6-7,10H2,1H3,(H,18,19)/b5-3+. The first kappa shape index (κ1) is 14.5. The summed E-state index contributed by atoms with van der Waals surface area (Å²) in [6, 6.07) is 8.12. The van der Waals surface area contributed by atoms with Gasteiger partial charge in [-0.05, 0) is 30.7 Å². The highest BCUT2D eigenvalue weighted by Crippen LogP contribution is 2.28. The normalized spacial score (nSPS) is 19.0. The van der Waals surface area contributed by atoms with E-state index in [4.69, 9.17) is 5.11 Å². The van der Waals surface area contributed by atoms with Crippen molar-refractivity contribution in [2.45, 2.75) is 13.0 Å². The Hall–Kier alpha value is -1.93. The van der Waals surface area contributed by atoms with Crippen LogP contribution < -0.4 is 4.90 Å². The minimum Gasteiger partial charge on any atom is -0.478 e. The number of thioether (sulfide) groups is 1. The fourth-order valence-corrected chi connectivity index (χ4v) is 3.26. The van der Waals surface area contributed by atoms with Crippen LogP contribution in [0.25, 0.3) is 6.08 Å². The van der Waals surface area contributed by atoms with Gasteiger partial charge in [0.15, 0.2) is 0 Å². The van der Waals surface area contributed by atoms with E-state index in [-0.39, 0.29) is 0 Å². The Labute approximate surface area is 122 Å². The molecule has 0 saturated carbocycles. The second-order valence-corrected chi connectivity index (χ2v) is 5.83. The van der Waals surface area contributed by atoms with E-state index in [2.05, 4.69) is 17.9 Å². The molecule has 20 heavy (non-hydrogen) atoms. The Bertz CT molecular complexity index is 578. The lowest BCUT2D eigenvalue weighted by Crippen LogP contribution is -2.40. The summed E-state index contributed by atoms with van der Waals surface area (Å²) in [5, 5.41) is 17.9. The Morgan fingerprint density at radius 1 is 1.60 bits per heavy atom. The predicted octanol–water partition coefficient (Wildman–Crippen LogP) is 2.60. The van der Waals surface area contributed by atoms with Gasteiger partial charge in [-0.15, -0.1) is 0 Å². The van der Waals surface area contributed by atoms with Gasteiger partial charge < -0.3 is 10.0 Å². The van der Waals surface area contributed by atoms with E-state index in [1.807, 2.05) is 23.9 Å². The van der Waals surface area contributed by atoms with Crippen LogP contribution in [0.5, 0.6) is 0 Å². The molecular weight excluding hydrogens is 272 g/mol. The molecule has 0 spiro atoms. The third-order valence-electron chi connectivity index (χ3n) is 3.24. The molecule has 5 heteroatoms. The van der Waals surface area contributed by atoms with Gasteiger partial charge in [0.2, 0.25) is 0 Å². The number of rotatable bonds is 3. The topological polar surface area (TPSA) is 64.3 Å². The number of carboxylic acids is 1. The lowest BCUT2D eigenvalue weighted by atomic mass is 10.1. The summed E-state index contributed by atoms with van der Waals surface area (Å²) in [4.78, 5) is 12.8. The highest BCUT2D eigenvalue weighted by atomic mass is 32.2. The largest absolute Gasteiger partial charge is 0.478 e. The quantitative estimate of drug-likeness (QED) is 0.866. The molecule has 1 saturated heterocycles. The van der Waals surface area contributed by atoms with Gasteiger partial charge in [0.25, 0.3) is 0 Å². The first-order chi connectivity index (χ1) is 9.61. The number of aliphatic carboxylic acids is 1. The highest BCUT2D eigenvalue weighted by Gasteiger charge is 2.21. The van der Waals surface area contributed by atoms with Crippen LogP contribution in [-0.2, 0) is 4.79 Å². The monoisotopic (exact) mass is 288 g/mol. The molecule has 0 bridgehead atoms. The Balaban J connectivity index is 2.31. The molecule has 2 rings (SSSR count). The van der Waals surface area contributed by atoms with Gasteiger partial charge in [-0.25, -0.2) is 4.79 Å². The van der Waals surface area contributed by atoms with E-state index >= 15 is 0 Å². The second kappa shape index (κ2) is 6.49. The van der Waals surface area contributed by atoms with Gasteiger partial charge >= 0.3 is 5.97 Å². The molecule has 1 aromatic carbocycles. The smallest absolute Gasteiger partial charge is 0.328 e. The maximum Gasteiger partial charge on any atom is 0.328 e. The number of nitrogens with zero attached hydrogens (tertiary/aromatic N) is 2. The van der Waals surface area contributed by atoms with Gasteiger partial charge in [0.1, 0.15) is 6.07 Å². The van der Waals surface area contributed by atoms with Gasteiger partial charge in [-0.1, -0.05) is 6.07 Å². The summed E-state index contributed by atoms with van der Waals surface area (Å²) in [6.45, 7) is 3.09. The van der Waals surface area contributed by atoms with Crippen molar-refractivity contribution in [2.75, 3.05) is 23.0 Å². The molecule has 1 aliphatic rings. The maximum absolute atomic E-state index is 10.5. The zero-order chi connectivity index (χ0) is 14.5. The van der Waals surface area contributed by atoms with E-state index in [1.54, 1.807) is 6.07 Å². The number of hydrogen-bond acceptors (Lipinski definition) is 4. The van der Waals surface area contributed by atoms with Crippen molar-refractivity contribution in [3.05, 3.63) is 35.4 Å². The first-order valence-electron chi connectivity index (χ1n) is 6.41. The van der Waals surface area contributed by atoms with Crippen LogP contribution in [0.15, 0.2) is 24.3 Å². The molecule has 0 aromatic heterocycles. The summed E-state index contributed by atoms with van der Waals surface area (Å²) in [5.74, 6) is 1.13. The SMILES string of the molecule is CC1CSCCN1c1ccc(/C=C/C(=O)O)cc1C#N. The number of benzene rings is 1. The molecule has 1 N–H and O–H groups in total. The Kier molecular flexibility index (Phi) is 4.70. The number of carbonyl (C=O) groups is 1. The van der Waals surface area contributed by atoms with Crippen molar-refractivity contribution < 1.29 is 9.90 Å². The lowest BCUT2D eigenvalue weighted by Gasteiger charge is -2.35. The van der Waals surface area contributed by atoms with Crippen LogP contribution in [0, 0.1) is 11.3 Å².